The van der Waals surface area contributed by atoms with Gasteiger partial charge in [-0.15, -0.1) is 0 Å². The quantitative estimate of drug-likeness (QED) is 0.454. The third-order valence-corrected chi connectivity index (χ3v) is 1.84. The second-order valence-electron chi connectivity index (χ2n) is 3.14. The molecule has 6 nitrogen and oxygen atoms in total. The maximum absolute atomic E-state index is 10.5. The van der Waals surface area contributed by atoms with Gasteiger partial charge in [-0.3, -0.25) is 10.2 Å². The van der Waals surface area contributed by atoms with Crippen LogP contribution in [-0.2, 0) is 25.8 Å². The van der Waals surface area contributed by atoms with Crippen molar-refractivity contribution in [2.75, 3.05) is 0 Å². The molecule has 0 amide bonds. The molecule has 0 aliphatic rings. The number of hydroxylamine groups is 1. The average Bonchev–Trinajstić information content (AvgIpc) is 2.34. The number of rotatable bonds is 4. The highest BCUT2D eigenvalue weighted by Crippen LogP contribution is 2.05. The van der Waals surface area contributed by atoms with Crippen molar-refractivity contribution in [3.63, 3.8) is 0 Å². The van der Waals surface area contributed by atoms with Crippen molar-refractivity contribution in [2.24, 2.45) is 0 Å². The minimum atomic E-state index is -0.527. The molecule has 1 aromatic rings. The van der Waals surface area contributed by atoms with Gasteiger partial charge in [-0.2, -0.15) is 0 Å². The van der Waals surface area contributed by atoms with E-state index < -0.39 is 5.97 Å². The van der Waals surface area contributed by atoms with Crippen molar-refractivity contribution in [3.8, 4) is 0 Å². The molecule has 2 N–H and O–H groups in total. The predicted molar refractivity (Wildman–Crippen MR) is 58.7 cm³/mol. The fraction of sp³-hybridized carbons (Fsp3) is 0.182. The van der Waals surface area contributed by atoms with Gasteiger partial charge < -0.3 is 9.57 Å². The van der Waals surface area contributed by atoms with Crippen molar-refractivity contribution in [1.29, 1.82) is 5.41 Å². The van der Waals surface area contributed by atoms with E-state index >= 15 is 0 Å². The summed E-state index contributed by atoms with van der Waals surface area (Å²) in [7, 11) is 0. The molecule has 0 heterocycles. The summed E-state index contributed by atoms with van der Waals surface area (Å²) in [5.74, 6) is -0.559. The molecule has 89 valence electrons. The Morgan fingerprint density at radius 2 is 2.06 bits per heavy atom. The lowest BCUT2D eigenvalue weighted by Gasteiger charge is -2.07. The molecule has 0 atom stereocenters. The molecule has 0 fully saturated rings. The zero-order valence-electron chi connectivity index (χ0n) is 9.15. The highest BCUT2D eigenvalue weighted by Gasteiger charge is 2.03. The van der Waals surface area contributed by atoms with E-state index in [2.05, 4.69) is 15.1 Å². The molecule has 1 rings (SSSR count). The first-order valence-electron chi connectivity index (χ1n) is 4.73. The summed E-state index contributed by atoms with van der Waals surface area (Å²) in [6, 6.07) is 6.66. The third-order valence-electron chi connectivity index (χ3n) is 1.84. The summed E-state index contributed by atoms with van der Waals surface area (Å²) < 4.78 is 4.45. The molecule has 0 saturated heterocycles. The second kappa shape index (κ2) is 6.26. The van der Waals surface area contributed by atoms with E-state index in [9.17, 15) is 9.59 Å². The van der Waals surface area contributed by atoms with Crippen molar-refractivity contribution >= 4 is 18.3 Å². The van der Waals surface area contributed by atoms with Crippen LogP contribution in [0.3, 0.4) is 0 Å². The summed E-state index contributed by atoms with van der Waals surface area (Å²) in [4.78, 5) is 24.8. The largest absolute Gasteiger partial charge is 0.452 e. The van der Waals surface area contributed by atoms with E-state index in [1.54, 1.807) is 24.3 Å². The first-order chi connectivity index (χ1) is 8.13. The van der Waals surface area contributed by atoms with Crippen LogP contribution in [0.5, 0.6) is 0 Å². The Morgan fingerprint density at radius 1 is 1.41 bits per heavy atom. The van der Waals surface area contributed by atoms with Gasteiger partial charge in [-0.25, -0.2) is 10.3 Å². The number of hydrogen-bond acceptors (Lipinski definition) is 5. The zero-order chi connectivity index (χ0) is 12.7. The average molecular weight is 235 g/mol. The smallest absolute Gasteiger partial charge is 0.417 e. The molecular formula is C11H11N2O4. The number of ether oxygens (including phenoxy) is 1. The first kappa shape index (κ1) is 12.7. The lowest BCUT2D eigenvalue weighted by Crippen LogP contribution is -2.25. The van der Waals surface area contributed by atoms with Gasteiger partial charge in [-0.1, -0.05) is 24.3 Å². The van der Waals surface area contributed by atoms with E-state index in [1.807, 2.05) is 0 Å². The summed E-state index contributed by atoms with van der Waals surface area (Å²) in [6.07, 6.45) is 0. The minimum Gasteiger partial charge on any atom is -0.452 e. The number of benzene rings is 1. The number of carbonyl (C=O) groups is 1. The van der Waals surface area contributed by atoms with Gasteiger partial charge >= 0.3 is 12.4 Å². The van der Waals surface area contributed by atoms with Crippen LogP contribution in [0.25, 0.3) is 0 Å². The molecule has 0 spiro atoms. The third kappa shape index (κ3) is 4.33. The van der Waals surface area contributed by atoms with E-state index in [4.69, 9.17) is 5.41 Å². The molecule has 0 aliphatic heterocycles. The summed E-state index contributed by atoms with van der Waals surface area (Å²) >= 11 is 0. The molecule has 0 unspecified atom stereocenters. The van der Waals surface area contributed by atoms with Crippen LogP contribution >= 0.6 is 0 Å². The number of hydrogen-bond donors (Lipinski definition) is 2. The monoisotopic (exact) mass is 235 g/mol. The summed E-state index contributed by atoms with van der Waals surface area (Å²) in [6.45, 7) is 2.69. The second-order valence-corrected chi connectivity index (χ2v) is 3.14. The molecular weight excluding hydrogens is 224 g/mol. The standard InChI is InChI=1S/C11H11N2O4/c1-8(15)17-13-11(12)10-4-2-9(3-5-10)6-16-7-14/h2-5H,6H2,1H3,(H2,12,13). The Balaban J connectivity index is 2.57. The highest BCUT2D eigenvalue weighted by atomic mass is 16.7. The maximum atomic E-state index is 10.5. The SMILES string of the molecule is CC(=O)ONC(=N)c1ccc(CO[C]=O)cc1. The lowest BCUT2D eigenvalue weighted by molar-refractivity contribution is -0.145. The molecule has 6 heteroatoms. The molecule has 0 aliphatic carbocycles. The molecule has 17 heavy (non-hydrogen) atoms. The van der Waals surface area contributed by atoms with Crippen molar-refractivity contribution in [1.82, 2.24) is 5.48 Å². The molecule has 1 aromatic carbocycles. The normalized spacial score (nSPS) is 9.24. The Bertz CT molecular complexity index is 414. The Morgan fingerprint density at radius 3 is 2.59 bits per heavy atom. The Labute approximate surface area is 98.0 Å². The van der Waals surface area contributed by atoms with Crippen LogP contribution in [0.15, 0.2) is 24.3 Å². The van der Waals surface area contributed by atoms with Crippen LogP contribution in [0.4, 0.5) is 0 Å². The first-order valence-corrected chi connectivity index (χ1v) is 4.73. The van der Waals surface area contributed by atoms with Gasteiger partial charge in [0, 0.05) is 12.5 Å². The van der Waals surface area contributed by atoms with Gasteiger partial charge in [0.25, 0.3) is 0 Å². The van der Waals surface area contributed by atoms with Crippen LogP contribution < -0.4 is 5.48 Å². The molecule has 0 aromatic heterocycles. The van der Waals surface area contributed by atoms with Crippen LogP contribution in [0, 0.1) is 5.41 Å². The Hall–Kier alpha value is -2.37. The van der Waals surface area contributed by atoms with E-state index in [0.717, 1.165) is 5.56 Å². The van der Waals surface area contributed by atoms with E-state index in [-0.39, 0.29) is 12.4 Å². The maximum Gasteiger partial charge on any atom is 0.417 e. The minimum absolute atomic E-state index is 0.0328. The van der Waals surface area contributed by atoms with Gasteiger partial charge in [0.15, 0.2) is 5.84 Å². The number of amidine groups is 1. The Kier molecular flexibility index (Phi) is 4.68. The van der Waals surface area contributed by atoms with Gasteiger partial charge in [0.2, 0.25) is 0 Å². The van der Waals surface area contributed by atoms with Crippen molar-refractivity contribution in [2.45, 2.75) is 13.5 Å². The van der Waals surface area contributed by atoms with Gasteiger partial charge in [0.1, 0.15) is 6.61 Å². The number of carbonyl (C=O) groups excluding carboxylic acids is 2. The van der Waals surface area contributed by atoms with Crippen molar-refractivity contribution in [3.05, 3.63) is 35.4 Å². The summed E-state index contributed by atoms with van der Waals surface area (Å²) in [5, 5.41) is 7.55. The van der Waals surface area contributed by atoms with E-state index in [0.29, 0.717) is 5.56 Å². The molecule has 0 saturated carbocycles. The van der Waals surface area contributed by atoms with Crippen LogP contribution in [0.2, 0.25) is 0 Å². The topological polar surface area (TPSA) is 88.5 Å². The molecule has 0 bridgehead atoms. The fourth-order valence-electron chi connectivity index (χ4n) is 1.06. The number of nitrogens with one attached hydrogen (secondary N) is 2. The van der Waals surface area contributed by atoms with Crippen molar-refractivity contribution < 1.29 is 19.2 Å². The molecule has 1 radical (unpaired) electrons. The zero-order valence-corrected chi connectivity index (χ0v) is 9.15. The van der Waals surface area contributed by atoms with Crippen LogP contribution in [-0.4, -0.2) is 18.3 Å². The van der Waals surface area contributed by atoms with Crippen LogP contribution in [0.1, 0.15) is 18.1 Å². The lowest BCUT2D eigenvalue weighted by atomic mass is 10.1. The fourth-order valence-corrected chi connectivity index (χ4v) is 1.06. The van der Waals surface area contributed by atoms with Gasteiger partial charge in [0.05, 0.1) is 0 Å². The van der Waals surface area contributed by atoms with E-state index in [1.165, 1.54) is 13.4 Å². The predicted octanol–water partition coefficient (Wildman–Crippen LogP) is 0.663. The van der Waals surface area contributed by atoms with Gasteiger partial charge in [-0.05, 0) is 5.56 Å². The highest BCUT2D eigenvalue weighted by molar-refractivity contribution is 5.96. The summed E-state index contributed by atoms with van der Waals surface area (Å²) in [5.41, 5.74) is 3.52.